The fourth-order valence-electron chi connectivity index (χ4n) is 1.47. The first kappa shape index (κ1) is 11.1. The normalized spacial score (nSPS) is 19.1. The van der Waals surface area contributed by atoms with Gasteiger partial charge < -0.3 is 9.84 Å². The highest BCUT2D eigenvalue weighted by atomic mass is 79.9. The van der Waals surface area contributed by atoms with Gasteiger partial charge in [0.05, 0.1) is 12.5 Å². The summed E-state index contributed by atoms with van der Waals surface area (Å²) in [6.07, 6.45) is 0.0139. The second-order valence-electron chi connectivity index (χ2n) is 3.50. The molecule has 0 saturated carbocycles. The highest BCUT2D eigenvalue weighted by molar-refractivity contribution is 9.10. The largest absolute Gasteiger partial charge is 0.481 e. The number of nitrogens with zero attached hydrogens (tertiary/aromatic N) is 1. The van der Waals surface area contributed by atoms with Crippen LogP contribution in [0.4, 0.5) is 0 Å². The highest BCUT2D eigenvalue weighted by Crippen LogP contribution is 2.16. The number of ether oxygens (including phenoxy) is 1. The number of carbonyl (C=O) groups is 1. The standard InChI is InChI=1S/C11H10BrNO3/c12-8-3-1-7(2-4-8)11-13-9(6-16-11)5-10(14)15/h1-4,9H,5-6H2,(H,14,15). The highest BCUT2D eigenvalue weighted by Gasteiger charge is 2.22. The van der Waals surface area contributed by atoms with Gasteiger partial charge in [-0.3, -0.25) is 4.79 Å². The number of halogens is 1. The second-order valence-corrected chi connectivity index (χ2v) is 4.42. The van der Waals surface area contributed by atoms with Crippen LogP contribution in [0.15, 0.2) is 33.7 Å². The Morgan fingerprint density at radius 2 is 2.19 bits per heavy atom. The van der Waals surface area contributed by atoms with Crippen LogP contribution < -0.4 is 0 Å². The molecule has 1 aliphatic rings. The van der Waals surface area contributed by atoms with Crippen LogP contribution >= 0.6 is 15.9 Å². The fraction of sp³-hybridized carbons (Fsp3) is 0.273. The lowest BCUT2D eigenvalue weighted by atomic mass is 10.2. The third-order valence-corrected chi connectivity index (χ3v) is 2.74. The van der Waals surface area contributed by atoms with Gasteiger partial charge in [0, 0.05) is 10.0 Å². The number of rotatable bonds is 3. The van der Waals surface area contributed by atoms with Crippen molar-refractivity contribution in [3.05, 3.63) is 34.3 Å². The minimum absolute atomic E-state index is 0.0139. The summed E-state index contributed by atoms with van der Waals surface area (Å²) >= 11 is 3.34. The van der Waals surface area contributed by atoms with Crippen LogP contribution in [0.1, 0.15) is 12.0 Å². The minimum Gasteiger partial charge on any atom is -0.481 e. The van der Waals surface area contributed by atoms with Crippen LogP contribution in [0, 0.1) is 0 Å². The van der Waals surface area contributed by atoms with Crippen LogP contribution in [-0.2, 0) is 9.53 Å². The van der Waals surface area contributed by atoms with Crippen molar-refractivity contribution in [3.63, 3.8) is 0 Å². The zero-order valence-electron chi connectivity index (χ0n) is 8.39. The summed E-state index contributed by atoms with van der Waals surface area (Å²) in [5.74, 6) is -0.326. The Hall–Kier alpha value is -1.36. The summed E-state index contributed by atoms with van der Waals surface area (Å²) in [5, 5.41) is 8.64. The number of aliphatic carboxylic acids is 1. The Labute approximate surface area is 101 Å². The van der Waals surface area contributed by atoms with Crippen LogP contribution in [0.3, 0.4) is 0 Å². The molecular formula is C11H10BrNO3. The van der Waals surface area contributed by atoms with E-state index in [-0.39, 0.29) is 12.5 Å². The maximum Gasteiger partial charge on any atom is 0.305 e. The van der Waals surface area contributed by atoms with Gasteiger partial charge in [0.15, 0.2) is 0 Å². The molecule has 1 heterocycles. The topological polar surface area (TPSA) is 58.9 Å². The molecule has 0 bridgehead atoms. The Morgan fingerprint density at radius 1 is 1.50 bits per heavy atom. The number of hydrogen-bond donors (Lipinski definition) is 1. The molecule has 0 radical (unpaired) electrons. The average Bonchev–Trinajstić information content (AvgIpc) is 2.66. The molecule has 1 aliphatic heterocycles. The summed E-state index contributed by atoms with van der Waals surface area (Å²) in [7, 11) is 0. The number of benzene rings is 1. The van der Waals surface area contributed by atoms with Crippen molar-refractivity contribution in [2.45, 2.75) is 12.5 Å². The minimum atomic E-state index is -0.852. The third kappa shape index (κ3) is 2.61. The molecule has 0 spiro atoms. The molecule has 4 nitrogen and oxygen atoms in total. The van der Waals surface area contributed by atoms with Crippen molar-refractivity contribution in [2.75, 3.05) is 6.61 Å². The lowest BCUT2D eigenvalue weighted by Gasteiger charge is -2.00. The molecule has 0 aromatic heterocycles. The van der Waals surface area contributed by atoms with E-state index in [4.69, 9.17) is 9.84 Å². The summed E-state index contributed by atoms with van der Waals surface area (Å²) in [6.45, 7) is 0.345. The lowest BCUT2D eigenvalue weighted by molar-refractivity contribution is -0.137. The SMILES string of the molecule is O=C(O)CC1COC(c2ccc(Br)cc2)=N1. The lowest BCUT2D eigenvalue weighted by Crippen LogP contribution is -2.12. The summed E-state index contributed by atoms with van der Waals surface area (Å²) in [5.41, 5.74) is 0.871. The van der Waals surface area contributed by atoms with Gasteiger partial charge in [-0.15, -0.1) is 0 Å². The number of aliphatic imine (C=N–C) groups is 1. The van der Waals surface area contributed by atoms with Gasteiger partial charge in [0.2, 0.25) is 5.90 Å². The van der Waals surface area contributed by atoms with Gasteiger partial charge in [-0.2, -0.15) is 0 Å². The van der Waals surface area contributed by atoms with E-state index in [9.17, 15) is 4.79 Å². The monoisotopic (exact) mass is 283 g/mol. The zero-order valence-corrected chi connectivity index (χ0v) is 9.98. The first-order valence-corrected chi connectivity index (χ1v) is 5.63. The van der Waals surface area contributed by atoms with E-state index in [1.54, 1.807) is 0 Å². The van der Waals surface area contributed by atoms with Gasteiger partial charge in [0.1, 0.15) is 6.61 Å². The van der Waals surface area contributed by atoms with Crippen molar-refractivity contribution in [3.8, 4) is 0 Å². The first-order chi connectivity index (χ1) is 7.65. The predicted octanol–water partition coefficient (Wildman–Crippen LogP) is 2.07. The molecule has 1 N–H and O–H groups in total. The van der Waals surface area contributed by atoms with E-state index >= 15 is 0 Å². The Kier molecular flexibility index (Phi) is 3.24. The molecule has 0 aliphatic carbocycles. The van der Waals surface area contributed by atoms with Crippen LogP contribution in [-0.4, -0.2) is 29.6 Å². The number of carboxylic acid groups (broad SMARTS) is 1. The maximum absolute atomic E-state index is 10.5. The van der Waals surface area contributed by atoms with E-state index in [0.717, 1.165) is 10.0 Å². The van der Waals surface area contributed by atoms with Crippen molar-refractivity contribution in [1.82, 2.24) is 0 Å². The van der Waals surface area contributed by atoms with E-state index in [1.165, 1.54) is 0 Å². The number of hydrogen-bond acceptors (Lipinski definition) is 3. The smallest absolute Gasteiger partial charge is 0.305 e. The molecule has 5 heteroatoms. The third-order valence-electron chi connectivity index (χ3n) is 2.21. The summed E-state index contributed by atoms with van der Waals surface area (Å²) < 4.78 is 6.35. The van der Waals surface area contributed by atoms with Crippen molar-refractivity contribution < 1.29 is 14.6 Å². The summed E-state index contributed by atoms with van der Waals surface area (Å²) in [6, 6.07) is 7.28. The van der Waals surface area contributed by atoms with E-state index in [0.29, 0.717) is 12.5 Å². The van der Waals surface area contributed by atoms with Gasteiger partial charge in [0.25, 0.3) is 0 Å². The molecule has 16 heavy (non-hydrogen) atoms. The molecule has 0 saturated heterocycles. The Morgan fingerprint density at radius 3 is 2.81 bits per heavy atom. The molecule has 1 atom stereocenters. The van der Waals surface area contributed by atoms with E-state index in [1.807, 2.05) is 24.3 Å². The first-order valence-electron chi connectivity index (χ1n) is 4.83. The Bertz CT molecular complexity index is 427. The van der Waals surface area contributed by atoms with Crippen LogP contribution in [0.2, 0.25) is 0 Å². The molecule has 0 amide bonds. The van der Waals surface area contributed by atoms with Gasteiger partial charge in [-0.25, -0.2) is 4.99 Å². The van der Waals surface area contributed by atoms with Crippen molar-refractivity contribution in [2.24, 2.45) is 4.99 Å². The molecule has 1 aromatic rings. The van der Waals surface area contributed by atoms with E-state index < -0.39 is 5.97 Å². The zero-order chi connectivity index (χ0) is 11.5. The van der Waals surface area contributed by atoms with Gasteiger partial charge in [-0.05, 0) is 24.3 Å². The Balaban J connectivity index is 2.11. The quantitative estimate of drug-likeness (QED) is 0.924. The second kappa shape index (κ2) is 4.65. The average molecular weight is 284 g/mol. The molecule has 84 valence electrons. The van der Waals surface area contributed by atoms with Gasteiger partial charge in [-0.1, -0.05) is 15.9 Å². The van der Waals surface area contributed by atoms with Gasteiger partial charge >= 0.3 is 5.97 Å². The predicted molar refractivity (Wildman–Crippen MR) is 62.7 cm³/mol. The molecular weight excluding hydrogens is 274 g/mol. The molecule has 1 unspecified atom stereocenters. The van der Waals surface area contributed by atoms with E-state index in [2.05, 4.69) is 20.9 Å². The maximum atomic E-state index is 10.5. The van der Waals surface area contributed by atoms with Crippen molar-refractivity contribution in [1.29, 1.82) is 0 Å². The summed E-state index contributed by atoms with van der Waals surface area (Å²) in [4.78, 5) is 14.7. The van der Waals surface area contributed by atoms with Crippen LogP contribution in [0.5, 0.6) is 0 Å². The van der Waals surface area contributed by atoms with Crippen LogP contribution in [0.25, 0.3) is 0 Å². The molecule has 1 aromatic carbocycles. The van der Waals surface area contributed by atoms with Crippen molar-refractivity contribution >= 4 is 27.8 Å². The number of carboxylic acids is 1. The molecule has 0 fully saturated rings. The molecule has 2 rings (SSSR count). The fourth-order valence-corrected chi connectivity index (χ4v) is 1.74.